The maximum absolute atomic E-state index is 11.4. The van der Waals surface area contributed by atoms with Crippen molar-refractivity contribution in [2.75, 3.05) is 30.1 Å². The highest BCUT2D eigenvalue weighted by Gasteiger charge is 2.40. The molecule has 22 heavy (non-hydrogen) atoms. The summed E-state index contributed by atoms with van der Waals surface area (Å²) in [5, 5.41) is 2.88. The van der Waals surface area contributed by atoms with E-state index < -0.39 is 0 Å². The van der Waals surface area contributed by atoms with Gasteiger partial charge in [-0.3, -0.25) is 14.5 Å². The largest absolute Gasteiger partial charge is 0.469 e. The minimum atomic E-state index is -0.247. The predicted molar refractivity (Wildman–Crippen MR) is 84.4 cm³/mol. The van der Waals surface area contributed by atoms with Crippen LogP contribution in [0.1, 0.15) is 26.7 Å². The van der Waals surface area contributed by atoms with Crippen LogP contribution < -0.4 is 16.0 Å². The molecule has 1 aromatic heterocycles. The third-order valence-electron chi connectivity index (χ3n) is 3.51. The first kappa shape index (κ1) is 17.7. The van der Waals surface area contributed by atoms with Crippen molar-refractivity contribution in [1.82, 2.24) is 9.97 Å². The quantitative estimate of drug-likeness (QED) is 0.617. The Labute approximate surface area is 130 Å². The number of nitrogens with one attached hydrogen (secondary N) is 1. The van der Waals surface area contributed by atoms with Gasteiger partial charge in [-0.2, -0.15) is 0 Å². The Kier molecular flexibility index (Phi) is 6.55. The van der Waals surface area contributed by atoms with Gasteiger partial charge in [-0.15, -0.1) is 0 Å². The molecule has 1 aromatic rings. The van der Waals surface area contributed by atoms with Gasteiger partial charge in [-0.1, -0.05) is 13.8 Å². The molecule has 122 valence electrons. The van der Waals surface area contributed by atoms with Gasteiger partial charge in [0.05, 0.1) is 13.0 Å². The van der Waals surface area contributed by atoms with Crippen molar-refractivity contribution in [2.45, 2.75) is 32.7 Å². The molecule has 0 aliphatic heterocycles. The number of nitrogens with zero attached hydrogens (tertiary/aromatic N) is 3. The Hall–Kier alpha value is -2.38. The highest BCUT2D eigenvalue weighted by Crippen LogP contribution is 2.37. The summed E-state index contributed by atoms with van der Waals surface area (Å²) < 4.78 is 4.68. The van der Waals surface area contributed by atoms with Crippen LogP contribution in [0.15, 0.2) is 6.33 Å². The average Bonchev–Trinajstić information content (AvgIpc) is 2.51. The molecular weight excluding hydrogens is 286 g/mol. The minimum absolute atomic E-state index is 0.0852. The molecule has 0 saturated heterocycles. The van der Waals surface area contributed by atoms with Crippen molar-refractivity contribution in [2.24, 2.45) is 5.92 Å². The number of methoxy groups -OCH3 is 1. The van der Waals surface area contributed by atoms with Crippen molar-refractivity contribution in [3.05, 3.63) is 6.33 Å². The number of nitrogens with two attached hydrogens (primary N) is 1. The van der Waals surface area contributed by atoms with Gasteiger partial charge in [0.15, 0.2) is 11.6 Å². The van der Waals surface area contributed by atoms with Crippen molar-refractivity contribution in [3.8, 4) is 0 Å². The Morgan fingerprint density at radius 1 is 1.45 bits per heavy atom. The molecule has 1 aliphatic rings. The first-order valence-electron chi connectivity index (χ1n) is 7.22. The molecule has 0 atom stereocenters. The van der Waals surface area contributed by atoms with Gasteiger partial charge in [0, 0.05) is 13.1 Å². The molecule has 1 fully saturated rings. The highest BCUT2D eigenvalue weighted by atomic mass is 16.5. The summed E-state index contributed by atoms with van der Waals surface area (Å²) in [6.45, 7) is 4.00. The van der Waals surface area contributed by atoms with Crippen LogP contribution in [0.5, 0.6) is 0 Å². The smallest absolute Gasteiger partial charge is 0.308 e. The molecule has 8 nitrogen and oxygen atoms in total. The molecule has 0 unspecified atom stereocenters. The number of hydrogen-bond donors (Lipinski definition) is 2. The number of hydrogen-bond acceptors (Lipinski definition) is 7. The zero-order valence-corrected chi connectivity index (χ0v) is 13.4. The summed E-state index contributed by atoms with van der Waals surface area (Å²) in [6.07, 6.45) is 3.11. The van der Waals surface area contributed by atoms with Crippen LogP contribution in [-0.4, -0.2) is 42.5 Å². The summed E-state index contributed by atoms with van der Waals surface area (Å²) in [7, 11) is 3.04. The number of anilines is 3. The number of nitrogen functional groups attached to an aromatic ring is 1. The van der Waals surface area contributed by atoms with Crippen LogP contribution in [-0.2, 0) is 14.3 Å². The second kappa shape index (κ2) is 8.16. The van der Waals surface area contributed by atoms with Gasteiger partial charge in [0.2, 0.25) is 6.41 Å². The second-order valence-corrected chi connectivity index (χ2v) is 4.57. The van der Waals surface area contributed by atoms with Gasteiger partial charge in [-0.05, 0) is 12.8 Å². The van der Waals surface area contributed by atoms with Crippen LogP contribution in [0.3, 0.4) is 0 Å². The third-order valence-corrected chi connectivity index (χ3v) is 3.51. The van der Waals surface area contributed by atoms with Gasteiger partial charge >= 0.3 is 5.97 Å². The van der Waals surface area contributed by atoms with Crippen LogP contribution in [0.4, 0.5) is 17.3 Å². The second-order valence-electron chi connectivity index (χ2n) is 4.57. The fourth-order valence-corrected chi connectivity index (χ4v) is 2.31. The first-order chi connectivity index (χ1) is 10.6. The van der Waals surface area contributed by atoms with E-state index in [1.54, 1.807) is 7.05 Å². The van der Waals surface area contributed by atoms with Crippen LogP contribution in [0.25, 0.3) is 0 Å². The topological polar surface area (TPSA) is 110 Å². The molecule has 0 radical (unpaired) electrons. The normalized spacial score (nSPS) is 19.1. The van der Waals surface area contributed by atoms with E-state index in [1.165, 1.54) is 18.3 Å². The number of carbonyl (C=O) groups is 2. The molecule has 1 saturated carbocycles. The third kappa shape index (κ3) is 3.44. The Morgan fingerprint density at radius 3 is 2.59 bits per heavy atom. The van der Waals surface area contributed by atoms with E-state index in [9.17, 15) is 9.59 Å². The summed E-state index contributed by atoms with van der Waals surface area (Å²) in [5.74, 6) is 0.282. The standard InChI is InChI=1S/C12H17N5O3.C2H6/c1-14-9-10(13)15-5-16-11(9)17(6-18)8-3-7(4-8)12(19)20-2;1-2/h5-8,14H,3-4H2,1-2H3,(H2,13,15,16);1-2H3. The number of carbonyl (C=O) groups excluding carboxylic acids is 2. The zero-order valence-electron chi connectivity index (χ0n) is 13.4. The molecule has 8 heteroatoms. The van der Waals surface area contributed by atoms with E-state index in [-0.39, 0.29) is 23.7 Å². The van der Waals surface area contributed by atoms with Crippen LogP contribution in [0, 0.1) is 5.92 Å². The maximum atomic E-state index is 11.4. The molecule has 0 bridgehead atoms. The monoisotopic (exact) mass is 309 g/mol. The lowest BCUT2D eigenvalue weighted by molar-refractivity contribution is -0.149. The molecule has 1 heterocycles. The number of esters is 1. The predicted octanol–water partition coefficient (Wildman–Crippen LogP) is 1.04. The van der Waals surface area contributed by atoms with Crippen LogP contribution in [0.2, 0.25) is 0 Å². The fourth-order valence-electron chi connectivity index (χ4n) is 2.31. The van der Waals surface area contributed by atoms with Gasteiger partial charge in [-0.25, -0.2) is 9.97 Å². The van der Waals surface area contributed by atoms with Crippen molar-refractivity contribution < 1.29 is 14.3 Å². The maximum Gasteiger partial charge on any atom is 0.308 e. The SMILES string of the molecule is CC.CNc1c(N)ncnc1N(C=O)C1CC(C(=O)OC)C1. The van der Waals surface area contributed by atoms with Gasteiger partial charge in [0.1, 0.15) is 12.0 Å². The Bertz CT molecular complexity index is 517. The van der Waals surface area contributed by atoms with E-state index in [0.717, 1.165) is 0 Å². The molecule has 0 aromatic carbocycles. The van der Waals surface area contributed by atoms with E-state index in [0.29, 0.717) is 30.8 Å². The highest BCUT2D eigenvalue weighted by molar-refractivity contribution is 5.86. The van der Waals surface area contributed by atoms with Crippen molar-refractivity contribution in [1.29, 1.82) is 0 Å². The number of ether oxygens (including phenoxy) is 1. The summed E-state index contributed by atoms with van der Waals surface area (Å²) in [5.41, 5.74) is 6.25. The fraction of sp³-hybridized carbons (Fsp3) is 0.571. The Morgan fingerprint density at radius 2 is 2.09 bits per heavy atom. The van der Waals surface area contributed by atoms with Gasteiger partial charge < -0.3 is 15.8 Å². The number of amides is 1. The number of aromatic nitrogens is 2. The molecule has 3 N–H and O–H groups in total. The first-order valence-corrected chi connectivity index (χ1v) is 7.22. The van der Waals surface area contributed by atoms with E-state index in [2.05, 4.69) is 20.0 Å². The lowest BCUT2D eigenvalue weighted by atomic mass is 9.79. The number of rotatable bonds is 5. The zero-order chi connectivity index (χ0) is 16.7. The molecule has 1 amide bonds. The lowest BCUT2D eigenvalue weighted by Gasteiger charge is -2.39. The van der Waals surface area contributed by atoms with Gasteiger partial charge in [0.25, 0.3) is 0 Å². The van der Waals surface area contributed by atoms with E-state index >= 15 is 0 Å². The molecule has 2 rings (SSSR count). The lowest BCUT2D eigenvalue weighted by Crippen LogP contribution is -2.47. The average molecular weight is 309 g/mol. The summed E-state index contributed by atoms with van der Waals surface area (Å²) in [4.78, 5) is 32.2. The van der Waals surface area contributed by atoms with Crippen molar-refractivity contribution in [3.63, 3.8) is 0 Å². The van der Waals surface area contributed by atoms with Crippen LogP contribution >= 0.6 is 0 Å². The van der Waals surface area contributed by atoms with E-state index in [4.69, 9.17) is 5.73 Å². The molecule has 1 aliphatic carbocycles. The summed E-state index contributed by atoms with van der Waals surface area (Å²) >= 11 is 0. The Balaban J connectivity index is 0.00000116. The van der Waals surface area contributed by atoms with Crippen molar-refractivity contribution >= 4 is 29.7 Å². The molecular formula is C14H23N5O3. The molecule has 0 spiro atoms. The van der Waals surface area contributed by atoms with E-state index in [1.807, 2.05) is 13.8 Å². The minimum Gasteiger partial charge on any atom is -0.469 e. The summed E-state index contributed by atoms with van der Waals surface area (Å²) in [6, 6.07) is -0.0852.